The molecule has 2 unspecified atom stereocenters. The lowest BCUT2D eigenvalue weighted by atomic mass is 9.89. The van der Waals surface area contributed by atoms with Gasteiger partial charge in [-0.1, -0.05) is 36.4 Å². The second-order valence-electron chi connectivity index (χ2n) is 7.25. The fourth-order valence-corrected chi connectivity index (χ4v) is 2.74. The quantitative estimate of drug-likeness (QED) is 0.281. The molecule has 0 saturated carbocycles. The Morgan fingerprint density at radius 3 is 2.21 bits per heavy atom. The van der Waals surface area contributed by atoms with Crippen molar-refractivity contribution in [1.82, 2.24) is 4.90 Å². The van der Waals surface area contributed by atoms with Gasteiger partial charge in [-0.2, -0.15) is 13.2 Å². The van der Waals surface area contributed by atoms with Crippen LogP contribution in [-0.4, -0.2) is 52.6 Å². The van der Waals surface area contributed by atoms with Gasteiger partial charge in [-0.25, -0.2) is 4.79 Å². The van der Waals surface area contributed by atoms with Crippen LogP contribution in [-0.2, 0) is 14.3 Å². The van der Waals surface area contributed by atoms with Gasteiger partial charge in [0.25, 0.3) is 0 Å². The normalized spacial score (nSPS) is 13.9. The van der Waals surface area contributed by atoms with Crippen LogP contribution in [0.4, 0.5) is 13.2 Å². The summed E-state index contributed by atoms with van der Waals surface area (Å²) in [5.74, 6) is -4.85. The summed E-state index contributed by atoms with van der Waals surface area (Å²) >= 11 is 0. The zero-order valence-corrected chi connectivity index (χ0v) is 16.3. The van der Waals surface area contributed by atoms with Crippen LogP contribution < -0.4 is 0 Å². The maximum absolute atomic E-state index is 13.2. The number of halogens is 3. The van der Waals surface area contributed by atoms with E-state index < -0.39 is 53.6 Å². The Balaban J connectivity index is 3.61. The van der Waals surface area contributed by atoms with E-state index >= 15 is 0 Å². The molecule has 7 nitrogen and oxygen atoms in total. The molecular weight excluding hydrogens is 393 g/mol. The van der Waals surface area contributed by atoms with Gasteiger partial charge in [-0.3, -0.25) is 14.9 Å². The molecule has 0 spiro atoms. The van der Waals surface area contributed by atoms with Crippen LogP contribution in [0.5, 0.6) is 0 Å². The molecule has 2 atom stereocenters. The zero-order valence-electron chi connectivity index (χ0n) is 16.3. The molecule has 0 bridgehead atoms. The Kier molecular flexibility index (Phi) is 7.93. The smallest absolute Gasteiger partial charge is 0.458 e. The summed E-state index contributed by atoms with van der Waals surface area (Å²) in [6.07, 6.45) is -4.28. The van der Waals surface area contributed by atoms with E-state index in [4.69, 9.17) is 4.74 Å². The number of ether oxygens (including phenoxy) is 1. The van der Waals surface area contributed by atoms with Crippen LogP contribution in [0.1, 0.15) is 32.3 Å². The van der Waals surface area contributed by atoms with Crippen molar-refractivity contribution in [3.05, 3.63) is 58.7 Å². The van der Waals surface area contributed by atoms with Crippen LogP contribution in [0.2, 0.25) is 0 Å². The molecule has 1 rings (SSSR count). The minimum Gasteiger partial charge on any atom is -0.458 e. The van der Waals surface area contributed by atoms with Crippen molar-refractivity contribution in [3.63, 3.8) is 0 Å². The van der Waals surface area contributed by atoms with Gasteiger partial charge in [0.1, 0.15) is 11.6 Å². The highest BCUT2D eigenvalue weighted by Gasteiger charge is 2.50. The van der Waals surface area contributed by atoms with E-state index in [-0.39, 0.29) is 10.5 Å². The van der Waals surface area contributed by atoms with Crippen molar-refractivity contribution in [2.75, 3.05) is 13.1 Å². The van der Waals surface area contributed by atoms with Gasteiger partial charge in [0.05, 0.1) is 5.92 Å². The van der Waals surface area contributed by atoms with Gasteiger partial charge in [-0.15, -0.1) is 6.58 Å². The van der Waals surface area contributed by atoms with Crippen molar-refractivity contribution < 1.29 is 32.4 Å². The van der Waals surface area contributed by atoms with E-state index in [2.05, 4.69) is 6.58 Å². The van der Waals surface area contributed by atoms with Gasteiger partial charge in [0, 0.05) is 11.5 Å². The van der Waals surface area contributed by atoms with Crippen LogP contribution in [0.15, 0.2) is 43.0 Å². The summed E-state index contributed by atoms with van der Waals surface area (Å²) in [7, 11) is 0. The number of carbonyl (C=O) groups excluding carboxylic acids is 2. The zero-order chi connectivity index (χ0) is 22.4. The Bertz CT molecular complexity index is 744. The topological polar surface area (TPSA) is 89.8 Å². The highest BCUT2D eigenvalue weighted by Crippen LogP contribution is 2.30. The third kappa shape index (κ3) is 7.20. The number of nitro groups is 1. The Hall–Kier alpha value is -2.91. The number of benzene rings is 1. The summed E-state index contributed by atoms with van der Waals surface area (Å²) in [5, 5.41) is 11.3. The summed E-state index contributed by atoms with van der Waals surface area (Å²) < 4.78 is 44.8. The monoisotopic (exact) mass is 416 g/mol. The molecule has 0 aliphatic heterocycles. The second-order valence-corrected chi connectivity index (χ2v) is 7.25. The lowest BCUT2D eigenvalue weighted by molar-refractivity contribution is -0.484. The molecule has 0 heterocycles. The highest BCUT2D eigenvalue weighted by molar-refractivity contribution is 5.88. The first kappa shape index (κ1) is 24.1. The SMILES string of the molecule is C=CCN(C(=O)C(F)(F)F)C(C(=O)OC(C)(C)C)C(C[N+](=O)[O-])c1ccccc1. The molecule has 29 heavy (non-hydrogen) atoms. The molecule has 0 fully saturated rings. The first-order chi connectivity index (χ1) is 13.3. The highest BCUT2D eigenvalue weighted by atomic mass is 19.4. The molecule has 1 aromatic carbocycles. The Labute approximate surface area is 166 Å². The van der Waals surface area contributed by atoms with Crippen molar-refractivity contribution in [3.8, 4) is 0 Å². The number of nitrogens with zero attached hydrogens (tertiary/aromatic N) is 2. The van der Waals surface area contributed by atoms with E-state index in [1.165, 1.54) is 45.0 Å². The average molecular weight is 416 g/mol. The number of carbonyl (C=O) groups is 2. The minimum absolute atomic E-state index is 0.224. The number of rotatable bonds is 8. The number of hydrogen-bond acceptors (Lipinski definition) is 5. The molecule has 0 aliphatic rings. The summed E-state index contributed by atoms with van der Waals surface area (Å²) in [4.78, 5) is 35.6. The lowest BCUT2D eigenvalue weighted by Gasteiger charge is -2.35. The number of esters is 1. The van der Waals surface area contributed by atoms with E-state index in [0.717, 1.165) is 6.08 Å². The second kappa shape index (κ2) is 9.53. The van der Waals surface area contributed by atoms with Crippen molar-refractivity contribution in [2.24, 2.45) is 0 Å². The number of hydrogen-bond donors (Lipinski definition) is 0. The maximum Gasteiger partial charge on any atom is 0.471 e. The summed E-state index contributed by atoms with van der Waals surface area (Å²) in [6, 6.07) is 5.66. The molecule has 0 aliphatic carbocycles. The van der Waals surface area contributed by atoms with Crippen molar-refractivity contribution >= 4 is 11.9 Å². The minimum atomic E-state index is -5.29. The van der Waals surface area contributed by atoms with Gasteiger partial charge < -0.3 is 9.64 Å². The maximum atomic E-state index is 13.2. The van der Waals surface area contributed by atoms with E-state index in [9.17, 15) is 32.9 Å². The third-order valence-corrected chi connectivity index (χ3v) is 3.77. The fraction of sp³-hybridized carbons (Fsp3) is 0.474. The molecule has 1 aromatic rings. The Morgan fingerprint density at radius 1 is 1.24 bits per heavy atom. The van der Waals surface area contributed by atoms with E-state index in [1.807, 2.05) is 0 Å². The molecule has 0 N–H and O–H groups in total. The van der Waals surface area contributed by atoms with Crippen LogP contribution >= 0.6 is 0 Å². The average Bonchev–Trinajstić information content (AvgIpc) is 2.57. The molecule has 10 heteroatoms. The largest absolute Gasteiger partial charge is 0.471 e. The lowest BCUT2D eigenvalue weighted by Crippen LogP contribution is -2.55. The molecular formula is C19H23F3N2O5. The predicted molar refractivity (Wildman–Crippen MR) is 98.6 cm³/mol. The van der Waals surface area contributed by atoms with E-state index in [0.29, 0.717) is 0 Å². The molecule has 160 valence electrons. The standard InChI is InChI=1S/C19H23F3N2O5/c1-5-11-23(17(26)19(20,21)22)15(16(25)29-18(2,3)4)14(12-24(27)28)13-9-7-6-8-10-13/h5-10,14-15H,1,11-12H2,2-4H3. The van der Waals surface area contributed by atoms with Gasteiger partial charge in [0.15, 0.2) is 0 Å². The number of alkyl halides is 3. The first-order valence-electron chi connectivity index (χ1n) is 8.66. The van der Waals surface area contributed by atoms with Gasteiger partial charge in [0.2, 0.25) is 6.54 Å². The summed E-state index contributed by atoms with van der Waals surface area (Å²) in [5.41, 5.74) is -0.865. The molecule has 0 radical (unpaired) electrons. The van der Waals surface area contributed by atoms with Gasteiger partial charge >= 0.3 is 18.1 Å². The Morgan fingerprint density at radius 2 is 1.79 bits per heavy atom. The van der Waals surface area contributed by atoms with Crippen molar-refractivity contribution in [2.45, 2.75) is 44.5 Å². The predicted octanol–water partition coefficient (Wildman–Crippen LogP) is 3.33. The van der Waals surface area contributed by atoms with Crippen LogP contribution in [0.25, 0.3) is 0 Å². The fourth-order valence-electron chi connectivity index (χ4n) is 2.74. The van der Waals surface area contributed by atoms with Crippen molar-refractivity contribution in [1.29, 1.82) is 0 Å². The number of amides is 1. The molecule has 0 saturated heterocycles. The van der Waals surface area contributed by atoms with Crippen LogP contribution in [0.3, 0.4) is 0 Å². The van der Waals surface area contributed by atoms with E-state index in [1.54, 1.807) is 6.07 Å². The summed E-state index contributed by atoms with van der Waals surface area (Å²) in [6.45, 7) is 6.28. The molecule has 1 amide bonds. The third-order valence-electron chi connectivity index (χ3n) is 3.77. The molecule has 0 aromatic heterocycles. The van der Waals surface area contributed by atoms with Gasteiger partial charge in [-0.05, 0) is 26.3 Å². The van der Waals surface area contributed by atoms with Crippen LogP contribution in [0, 0.1) is 10.1 Å². The first-order valence-corrected chi connectivity index (χ1v) is 8.66.